The normalized spacial score (nSPS) is 20.6. The molecule has 1 saturated heterocycles. The Morgan fingerprint density at radius 2 is 2.53 bits per heavy atom. The number of hydrogen-bond acceptors (Lipinski definition) is 3. The van der Waals surface area contributed by atoms with Crippen LogP contribution in [0.4, 0.5) is 0 Å². The second kappa shape index (κ2) is 4.38. The Kier molecular flexibility index (Phi) is 2.94. The van der Waals surface area contributed by atoms with E-state index in [1.807, 2.05) is 4.90 Å². The number of carbonyl (C=O) groups is 1. The van der Waals surface area contributed by atoms with Gasteiger partial charge >= 0.3 is 0 Å². The number of hydrogen-bond donors (Lipinski definition) is 0. The average Bonchev–Trinajstić information content (AvgIpc) is 2.78. The molecule has 1 aromatic heterocycles. The number of nitrogens with zero attached hydrogens (tertiary/aromatic N) is 3. The molecule has 1 aliphatic rings. The summed E-state index contributed by atoms with van der Waals surface area (Å²) >= 11 is 0. The molecule has 0 radical (unpaired) electrons. The van der Waals surface area contributed by atoms with E-state index in [-0.39, 0.29) is 5.91 Å². The van der Waals surface area contributed by atoms with Crippen molar-refractivity contribution in [1.82, 2.24) is 15.1 Å². The second-order valence-electron chi connectivity index (χ2n) is 3.92. The molecule has 4 nitrogen and oxygen atoms in total. The van der Waals surface area contributed by atoms with Crippen molar-refractivity contribution in [3.8, 4) is 0 Å². The summed E-state index contributed by atoms with van der Waals surface area (Å²) in [5.41, 5.74) is 0.453. The molecule has 0 bridgehead atoms. The molecule has 0 spiro atoms. The Morgan fingerprint density at radius 1 is 1.67 bits per heavy atom. The fourth-order valence-electron chi connectivity index (χ4n) is 1.93. The highest BCUT2D eigenvalue weighted by atomic mass is 16.2. The molecule has 1 amide bonds. The van der Waals surface area contributed by atoms with Gasteiger partial charge in [-0.1, -0.05) is 13.3 Å². The fraction of sp³-hybridized carbons (Fsp3) is 0.545. The van der Waals surface area contributed by atoms with Gasteiger partial charge in [-0.2, -0.15) is 5.10 Å². The van der Waals surface area contributed by atoms with E-state index in [4.69, 9.17) is 0 Å². The lowest BCUT2D eigenvalue weighted by Gasteiger charge is -2.14. The van der Waals surface area contributed by atoms with E-state index >= 15 is 0 Å². The highest BCUT2D eigenvalue weighted by molar-refractivity contribution is 5.92. The van der Waals surface area contributed by atoms with Crippen LogP contribution in [0.15, 0.2) is 18.3 Å². The highest BCUT2D eigenvalue weighted by Gasteiger charge is 2.26. The maximum Gasteiger partial charge on any atom is 0.274 e. The zero-order valence-corrected chi connectivity index (χ0v) is 8.89. The molecular formula is C11H15N3O. The summed E-state index contributed by atoms with van der Waals surface area (Å²) in [6.07, 6.45) is 3.84. The molecule has 0 aliphatic carbocycles. The van der Waals surface area contributed by atoms with Crippen molar-refractivity contribution in [2.45, 2.75) is 19.8 Å². The van der Waals surface area contributed by atoms with Gasteiger partial charge in [0, 0.05) is 19.3 Å². The van der Waals surface area contributed by atoms with Crippen LogP contribution in [0, 0.1) is 5.92 Å². The predicted octanol–water partition coefficient (Wildman–Crippen LogP) is 1.35. The average molecular weight is 205 g/mol. The summed E-state index contributed by atoms with van der Waals surface area (Å²) in [4.78, 5) is 13.8. The monoisotopic (exact) mass is 205 g/mol. The van der Waals surface area contributed by atoms with Crippen molar-refractivity contribution < 1.29 is 4.79 Å². The summed E-state index contributed by atoms with van der Waals surface area (Å²) < 4.78 is 0. The standard InChI is InChI=1S/C11H15N3O/c1-2-9-5-7-14(8-9)11(15)10-4-3-6-12-13-10/h3-4,6,9H,2,5,7-8H2,1H3/t9-/m1/s1. The topological polar surface area (TPSA) is 46.1 Å². The van der Waals surface area contributed by atoms with Crippen LogP contribution in [0.25, 0.3) is 0 Å². The Hall–Kier alpha value is -1.45. The number of likely N-dealkylation sites (tertiary alicyclic amines) is 1. The molecule has 2 rings (SSSR count). The van der Waals surface area contributed by atoms with E-state index in [2.05, 4.69) is 17.1 Å². The van der Waals surface area contributed by atoms with E-state index in [0.29, 0.717) is 11.6 Å². The maximum absolute atomic E-state index is 11.9. The molecular weight excluding hydrogens is 190 g/mol. The summed E-state index contributed by atoms with van der Waals surface area (Å²) in [6.45, 7) is 3.89. The summed E-state index contributed by atoms with van der Waals surface area (Å²) in [5, 5.41) is 7.55. The van der Waals surface area contributed by atoms with E-state index in [0.717, 1.165) is 25.9 Å². The minimum atomic E-state index is 0.0130. The van der Waals surface area contributed by atoms with Crippen LogP contribution in [0.3, 0.4) is 0 Å². The molecule has 1 atom stereocenters. The Labute approximate surface area is 89.3 Å². The van der Waals surface area contributed by atoms with Gasteiger partial charge < -0.3 is 4.90 Å². The lowest BCUT2D eigenvalue weighted by molar-refractivity contribution is 0.0780. The predicted molar refractivity (Wildman–Crippen MR) is 56.3 cm³/mol. The number of carbonyl (C=O) groups excluding carboxylic acids is 1. The second-order valence-corrected chi connectivity index (χ2v) is 3.92. The van der Waals surface area contributed by atoms with Crippen LogP contribution in [-0.2, 0) is 0 Å². The van der Waals surface area contributed by atoms with Gasteiger partial charge in [0.15, 0.2) is 5.69 Å². The lowest BCUT2D eigenvalue weighted by Crippen LogP contribution is -2.29. The first-order valence-corrected chi connectivity index (χ1v) is 5.38. The minimum absolute atomic E-state index is 0.0130. The lowest BCUT2D eigenvalue weighted by atomic mass is 10.1. The van der Waals surface area contributed by atoms with Gasteiger partial charge in [0.1, 0.15) is 0 Å². The molecule has 0 N–H and O–H groups in total. The molecule has 2 heterocycles. The fourth-order valence-corrected chi connectivity index (χ4v) is 1.93. The van der Waals surface area contributed by atoms with Gasteiger partial charge in [-0.05, 0) is 24.5 Å². The maximum atomic E-state index is 11.9. The smallest absolute Gasteiger partial charge is 0.274 e. The molecule has 15 heavy (non-hydrogen) atoms. The van der Waals surface area contributed by atoms with Crippen LogP contribution >= 0.6 is 0 Å². The van der Waals surface area contributed by atoms with Gasteiger partial charge in [-0.25, -0.2) is 0 Å². The third-order valence-electron chi connectivity index (χ3n) is 2.94. The first kappa shape index (κ1) is 10.1. The molecule has 4 heteroatoms. The van der Waals surface area contributed by atoms with Crippen molar-refractivity contribution >= 4 is 5.91 Å². The van der Waals surface area contributed by atoms with E-state index in [9.17, 15) is 4.79 Å². The Balaban J connectivity index is 2.04. The van der Waals surface area contributed by atoms with E-state index in [1.54, 1.807) is 18.3 Å². The highest BCUT2D eigenvalue weighted by Crippen LogP contribution is 2.20. The zero-order chi connectivity index (χ0) is 10.7. The van der Waals surface area contributed by atoms with Gasteiger partial charge in [0.25, 0.3) is 5.91 Å². The van der Waals surface area contributed by atoms with Gasteiger partial charge in [-0.15, -0.1) is 5.10 Å². The first-order valence-electron chi connectivity index (χ1n) is 5.38. The largest absolute Gasteiger partial charge is 0.337 e. The van der Waals surface area contributed by atoms with Crippen molar-refractivity contribution in [3.05, 3.63) is 24.0 Å². The number of aromatic nitrogens is 2. The number of rotatable bonds is 2. The summed E-state index contributed by atoms with van der Waals surface area (Å²) in [7, 11) is 0. The van der Waals surface area contributed by atoms with Crippen molar-refractivity contribution in [2.24, 2.45) is 5.92 Å². The first-order chi connectivity index (χ1) is 7.31. The van der Waals surface area contributed by atoms with Gasteiger partial charge in [0.2, 0.25) is 0 Å². The van der Waals surface area contributed by atoms with Gasteiger partial charge in [-0.3, -0.25) is 4.79 Å². The van der Waals surface area contributed by atoms with E-state index < -0.39 is 0 Å². The van der Waals surface area contributed by atoms with Crippen LogP contribution < -0.4 is 0 Å². The van der Waals surface area contributed by atoms with Crippen LogP contribution in [0.5, 0.6) is 0 Å². The molecule has 1 fully saturated rings. The number of amides is 1. The SMILES string of the molecule is CC[C@@H]1CCN(C(=O)c2cccnn2)C1. The minimum Gasteiger partial charge on any atom is -0.337 e. The Bertz CT molecular complexity index is 339. The van der Waals surface area contributed by atoms with Crippen LogP contribution in [0.2, 0.25) is 0 Å². The Morgan fingerprint density at radius 3 is 3.13 bits per heavy atom. The van der Waals surface area contributed by atoms with Crippen molar-refractivity contribution in [3.63, 3.8) is 0 Å². The molecule has 80 valence electrons. The molecule has 0 unspecified atom stereocenters. The van der Waals surface area contributed by atoms with E-state index in [1.165, 1.54) is 0 Å². The third kappa shape index (κ3) is 2.14. The molecule has 0 aromatic carbocycles. The quantitative estimate of drug-likeness (QED) is 0.732. The zero-order valence-electron chi connectivity index (χ0n) is 8.89. The van der Waals surface area contributed by atoms with Crippen LogP contribution in [-0.4, -0.2) is 34.1 Å². The molecule has 1 aliphatic heterocycles. The summed E-state index contributed by atoms with van der Waals surface area (Å²) in [6, 6.07) is 3.46. The van der Waals surface area contributed by atoms with Gasteiger partial charge in [0.05, 0.1) is 0 Å². The van der Waals surface area contributed by atoms with Crippen LogP contribution in [0.1, 0.15) is 30.3 Å². The summed E-state index contributed by atoms with van der Waals surface area (Å²) in [5.74, 6) is 0.671. The molecule has 1 aromatic rings. The van der Waals surface area contributed by atoms with Crippen molar-refractivity contribution in [2.75, 3.05) is 13.1 Å². The van der Waals surface area contributed by atoms with Crippen molar-refractivity contribution in [1.29, 1.82) is 0 Å². The molecule has 0 saturated carbocycles. The third-order valence-corrected chi connectivity index (χ3v) is 2.94.